The first-order valence-corrected chi connectivity index (χ1v) is 7.86. The molecule has 0 radical (unpaired) electrons. The van der Waals surface area contributed by atoms with Crippen molar-refractivity contribution in [2.45, 2.75) is 63.6 Å². The lowest BCUT2D eigenvalue weighted by atomic mass is 9.82. The first-order valence-electron chi connectivity index (χ1n) is 7.86. The van der Waals surface area contributed by atoms with Gasteiger partial charge in [0.05, 0.1) is 5.56 Å². The van der Waals surface area contributed by atoms with Crippen molar-refractivity contribution < 1.29 is 13.2 Å². The molecule has 4 heteroatoms. The minimum atomic E-state index is -4.25. The van der Waals surface area contributed by atoms with E-state index in [-0.39, 0.29) is 5.54 Å². The predicted molar refractivity (Wildman–Crippen MR) is 79.3 cm³/mol. The fourth-order valence-corrected chi connectivity index (χ4v) is 3.34. The molecule has 0 aromatic heterocycles. The lowest BCUT2D eigenvalue weighted by molar-refractivity contribution is -0.137. The van der Waals surface area contributed by atoms with E-state index in [0.717, 1.165) is 37.8 Å². The first-order chi connectivity index (χ1) is 9.95. The molecule has 1 aromatic rings. The molecule has 21 heavy (non-hydrogen) atoms. The average Bonchev–Trinajstić information content (AvgIpc) is 2.65. The maximum absolute atomic E-state index is 12.6. The van der Waals surface area contributed by atoms with E-state index in [1.165, 1.54) is 31.4 Å². The first kappa shape index (κ1) is 16.3. The van der Waals surface area contributed by atoms with E-state index in [4.69, 9.17) is 0 Å². The van der Waals surface area contributed by atoms with E-state index in [0.29, 0.717) is 0 Å². The zero-order valence-electron chi connectivity index (χ0n) is 12.6. The highest BCUT2D eigenvalue weighted by Gasteiger charge is 2.32. The van der Waals surface area contributed by atoms with Crippen LogP contribution in [-0.4, -0.2) is 12.1 Å². The molecule has 0 amide bonds. The van der Waals surface area contributed by atoms with Crippen LogP contribution in [0.5, 0.6) is 0 Å². The van der Waals surface area contributed by atoms with E-state index in [1.807, 2.05) is 0 Å². The summed E-state index contributed by atoms with van der Waals surface area (Å²) in [5.41, 5.74) is 0.487. The standard InChI is InChI=1S/C17H24F3N/c1-2-10-16(11-4-3-5-12-21-16)13-14-6-8-15(9-7-14)17(18,19)20/h6-9,21H,2-5,10-13H2,1H3. The van der Waals surface area contributed by atoms with Gasteiger partial charge in [0.1, 0.15) is 0 Å². The maximum atomic E-state index is 12.6. The Hall–Kier alpha value is -1.03. The van der Waals surface area contributed by atoms with Gasteiger partial charge in [-0.25, -0.2) is 0 Å². The largest absolute Gasteiger partial charge is 0.416 e. The second-order valence-corrected chi connectivity index (χ2v) is 6.14. The van der Waals surface area contributed by atoms with Crippen LogP contribution >= 0.6 is 0 Å². The molecule has 0 saturated carbocycles. The van der Waals surface area contributed by atoms with E-state index in [9.17, 15) is 13.2 Å². The van der Waals surface area contributed by atoms with Crippen LogP contribution < -0.4 is 5.32 Å². The second-order valence-electron chi connectivity index (χ2n) is 6.14. The maximum Gasteiger partial charge on any atom is 0.416 e. The van der Waals surface area contributed by atoms with Gasteiger partial charge in [-0.1, -0.05) is 38.3 Å². The molecule has 1 aliphatic heterocycles. The summed E-state index contributed by atoms with van der Waals surface area (Å²) in [6, 6.07) is 5.66. The van der Waals surface area contributed by atoms with Crippen molar-refractivity contribution in [3.63, 3.8) is 0 Å². The van der Waals surface area contributed by atoms with Crippen molar-refractivity contribution in [3.05, 3.63) is 35.4 Å². The van der Waals surface area contributed by atoms with E-state index in [2.05, 4.69) is 12.2 Å². The minimum Gasteiger partial charge on any atom is -0.311 e. The molecule has 1 nitrogen and oxygen atoms in total. The van der Waals surface area contributed by atoms with Crippen molar-refractivity contribution in [3.8, 4) is 0 Å². The highest BCUT2D eigenvalue weighted by Crippen LogP contribution is 2.31. The fourth-order valence-electron chi connectivity index (χ4n) is 3.34. The lowest BCUT2D eigenvalue weighted by Crippen LogP contribution is -2.46. The molecule has 0 spiro atoms. The Labute approximate surface area is 124 Å². The van der Waals surface area contributed by atoms with E-state index in [1.54, 1.807) is 12.1 Å². The monoisotopic (exact) mass is 299 g/mol. The summed E-state index contributed by atoms with van der Waals surface area (Å²) in [6.07, 6.45) is 3.49. The molecule has 1 N–H and O–H groups in total. The van der Waals surface area contributed by atoms with Gasteiger partial charge in [-0.2, -0.15) is 13.2 Å². The number of nitrogens with one attached hydrogen (secondary N) is 1. The van der Waals surface area contributed by atoms with Gasteiger partial charge in [0, 0.05) is 5.54 Å². The van der Waals surface area contributed by atoms with Crippen molar-refractivity contribution in [2.24, 2.45) is 0 Å². The third-order valence-electron chi connectivity index (χ3n) is 4.38. The van der Waals surface area contributed by atoms with Gasteiger partial charge in [0.15, 0.2) is 0 Å². The SMILES string of the molecule is CCCC1(Cc2ccc(C(F)(F)F)cc2)CCCCCN1. The van der Waals surface area contributed by atoms with Crippen LogP contribution in [0.3, 0.4) is 0 Å². The van der Waals surface area contributed by atoms with Crippen molar-refractivity contribution in [2.75, 3.05) is 6.54 Å². The summed E-state index contributed by atoms with van der Waals surface area (Å²) in [6.45, 7) is 3.18. The third-order valence-corrected chi connectivity index (χ3v) is 4.38. The van der Waals surface area contributed by atoms with E-state index >= 15 is 0 Å². The molecular weight excluding hydrogens is 275 g/mol. The summed E-state index contributed by atoms with van der Waals surface area (Å²) in [4.78, 5) is 0. The molecular formula is C17H24F3N. The third kappa shape index (κ3) is 4.47. The van der Waals surface area contributed by atoms with Gasteiger partial charge < -0.3 is 5.32 Å². The van der Waals surface area contributed by atoms with Crippen LogP contribution in [0.25, 0.3) is 0 Å². The Balaban J connectivity index is 2.12. The van der Waals surface area contributed by atoms with Crippen molar-refractivity contribution >= 4 is 0 Å². The van der Waals surface area contributed by atoms with Crippen LogP contribution in [0, 0.1) is 0 Å². The summed E-state index contributed by atoms with van der Waals surface area (Å²) < 4.78 is 37.8. The Morgan fingerprint density at radius 2 is 1.81 bits per heavy atom. The quantitative estimate of drug-likeness (QED) is 0.829. The topological polar surface area (TPSA) is 12.0 Å². The molecule has 1 saturated heterocycles. The summed E-state index contributed by atoms with van der Waals surface area (Å²) in [5, 5.41) is 3.67. The highest BCUT2D eigenvalue weighted by molar-refractivity contribution is 5.26. The van der Waals surface area contributed by atoms with Gasteiger partial charge in [-0.15, -0.1) is 0 Å². The zero-order chi connectivity index (χ0) is 15.3. The smallest absolute Gasteiger partial charge is 0.311 e. The van der Waals surface area contributed by atoms with Crippen molar-refractivity contribution in [1.29, 1.82) is 0 Å². The Morgan fingerprint density at radius 1 is 1.10 bits per heavy atom. The Morgan fingerprint density at radius 3 is 2.43 bits per heavy atom. The molecule has 1 aromatic carbocycles. The predicted octanol–water partition coefficient (Wildman–Crippen LogP) is 4.95. The van der Waals surface area contributed by atoms with Crippen LogP contribution in [0.2, 0.25) is 0 Å². The van der Waals surface area contributed by atoms with Crippen LogP contribution in [-0.2, 0) is 12.6 Å². The average molecular weight is 299 g/mol. The molecule has 2 rings (SSSR count). The zero-order valence-corrected chi connectivity index (χ0v) is 12.6. The number of alkyl halides is 3. The fraction of sp³-hybridized carbons (Fsp3) is 0.647. The highest BCUT2D eigenvalue weighted by atomic mass is 19.4. The van der Waals surface area contributed by atoms with Gasteiger partial charge in [0.2, 0.25) is 0 Å². The molecule has 0 aliphatic carbocycles. The second kappa shape index (κ2) is 6.82. The van der Waals surface area contributed by atoms with Gasteiger partial charge in [-0.05, 0) is 49.9 Å². The number of hydrogen-bond donors (Lipinski definition) is 1. The number of rotatable bonds is 4. The Kier molecular flexibility index (Phi) is 5.31. The number of benzene rings is 1. The van der Waals surface area contributed by atoms with Crippen LogP contribution in [0.1, 0.15) is 56.6 Å². The number of hydrogen-bond acceptors (Lipinski definition) is 1. The van der Waals surface area contributed by atoms with Crippen LogP contribution in [0.15, 0.2) is 24.3 Å². The summed E-state index contributed by atoms with van der Waals surface area (Å²) in [7, 11) is 0. The molecule has 1 unspecified atom stereocenters. The van der Waals surface area contributed by atoms with Gasteiger partial charge in [-0.3, -0.25) is 0 Å². The Bertz CT molecular complexity index is 428. The van der Waals surface area contributed by atoms with E-state index < -0.39 is 11.7 Å². The molecule has 0 bridgehead atoms. The molecule has 118 valence electrons. The summed E-state index contributed by atoms with van der Waals surface area (Å²) in [5.74, 6) is 0. The van der Waals surface area contributed by atoms with Crippen LogP contribution in [0.4, 0.5) is 13.2 Å². The summed E-state index contributed by atoms with van der Waals surface area (Å²) >= 11 is 0. The molecule has 1 heterocycles. The van der Waals surface area contributed by atoms with Gasteiger partial charge >= 0.3 is 6.18 Å². The lowest BCUT2D eigenvalue weighted by Gasteiger charge is -2.34. The van der Waals surface area contributed by atoms with Crippen molar-refractivity contribution in [1.82, 2.24) is 5.32 Å². The number of halogens is 3. The van der Waals surface area contributed by atoms with Gasteiger partial charge in [0.25, 0.3) is 0 Å². The normalized spacial score (nSPS) is 23.8. The molecule has 1 atom stereocenters. The molecule has 1 fully saturated rings. The molecule has 1 aliphatic rings. The minimum absolute atomic E-state index is 0.0605.